The van der Waals surface area contributed by atoms with E-state index >= 15 is 0 Å². The largest absolute Gasteiger partial charge is 0.374 e. The minimum absolute atomic E-state index is 0.000135. The molecular formula is C22H23F2N7O3S. The minimum Gasteiger partial charge on any atom is -0.374 e. The van der Waals surface area contributed by atoms with Gasteiger partial charge in [-0.1, -0.05) is 6.07 Å². The van der Waals surface area contributed by atoms with Gasteiger partial charge in [0.25, 0.3) is 0 Å². The van der Waals surface area contributed by atoms with Gasteiger partial charge in [0.05, 0.1) is 22.8 Å². The van der Waals surface area contributed by atoms with Crippen molar-refractivity contribution in [1.29, 1.82) is 0 Å². The predicted octanol–water partition coefficient (Wildman–Crippen LogP) is 2.74. The summed E-state index contributed by atoms with van der Waals surface area (Å²) in [6.45, 7) is 3.22. The van der Waals surface area contributed by atoms with Gasteiger partial charge < -0.3 is 4.74 Å². The molecule has 0 saturated carbocycles. The number of para-hydroxylation sites is 1. The predicted molar refractivity (Wildman–Crippen MR) is 122 cm³/mol. The Bertz CT molecular complexity index is 1430. The van der Waals surface area contributed by atoms with Crippen LogP contribution >= 0.6 is 0 Å². The molecule has 0 aliphatic carbocycles. The number of methoxy groups -OCH3 is 1. The molecule has 2 atom stereocenters. The maximum Gasteiger partial charge on any atom is 0.189 e. The molecule has 3 heterocycles. The highest BCUT2D eigenvalue weighted by Gasteiger charge is 2.35. The van der Waals surface area contributed by atoms with Crippen LogP contribution in [0.3, 0.4) is 0 Å². The van der Waals surface area contributed by atoms with Crippen LogP contribution in [0.5, 0.6) is 0 Å². The van der Waals surface area contributed by atoms with Crippen molar-refractivity contribution >= 4 is 9.84 Å². The highest BCUT2D eigenvalue weighted by Crippen LogP contribution is 2.29. The van der Waals surface area contributed by atoms with E-state index in [1.807, 2.05) is 0 Å². The zero-order chi connectivity index (χ0) is 25.3. The quantitative estimate of drug-likeness (QED) is 0.360. The molecule has 184 valence electrons. The van der Waals surface area contributed by atoms with Crippen LogP contribution in [0.25, 0.3) is 17.2 Å². The third-order valence-electron chi connectivity index (χ3n) is 5.50. The van der Waals surface area contributed by atoms with Gasteiger partial charge in [0, 0.05) is 26.6 Å². The number of nitrogens with zero attached hydrogens (tertiary/aromatic N) is 7. The summed E-state index contributed by atoms with van der Waals surface area (Å²) in [5, 5.41) is 11.1. The van der Waals surface area contributed by atoms with Gasteiger partial charge in [-0.2, -0.15) is 5.10 Å². The number of aryl methyl sites for hydroxylation is 2. The Kier molecular flexibility index (Phi) is 6.72. The fourth-order valence-electron chi connectivity index (χ4n) is 3.65. The van der Waals surface area contributed by atoms with Gasteiger partial charge in [0.2, 0.25) is 0 Å². The van der Waals surface area contributed by atoms with Crippen molar-refractivity contribution in [2.75, 3.05) is 7.11 Å². The molecule has 0 radical (unpaired) electrons. The van der Waals surface area contributed by atoms with Crippen molar-refractivity contribution < 1.29 is 21.9 Å². The summed E-state index contributed by atoms with van der Waals surface area (Å²) in [4.78, 5) is 8.38. The van der Waals surface area contributed by atoms with Crippen molar-refractivity contribution in [3.05, 3.63) is 71.7 Å². The Labute approximate surface area is 200 Å². The lowest BCUT2D eigenvalue weighted by molar-refractivity contribution is 0.0983. The summed E-state index contributed by atoms with van der Waals surface area (Å²) in [6, 6.07) is 4.93. The highest BCUT2D eigenvalue weighted by atomic mass is 32.2. The van der Waals surface area contributed by atoms with Crippen LogP contribution in [-0.2, 0) is 27.4 Å². The average Bonchev–Trinajstić information content (AvgIpc) is 3.41. The number of rotatable bonds is 8. The number of halogens is 2. The van der Waals surface area contributed by atoms with Crippen molar-refractivity contribution in [2.45, 2.75) is 31.0 Å². The third-order valence-corrected chi connectivity index (χ3v) is 7.54. The first kappa shape index (κ1) is 24.5. The monoisotopic (exact) mass is 503 g/mol. The van der Waals surface area contributed by atoms with E-state index in [4.69, 9.17) is 4.74 Å². The molecule has 0 amide bonds. The van der Waals surface area contributed by atoms with Gasteiger partial charge in [0.1, 0.15) is 34.9 Å². The maximum absolute atomic E-state index is 14.8. The first-order valence-electron chi connectivity index (χ1n) is 10.5. The van der Waals surface area contributed by atoms with Gasteiger partial charge in [0.15, 0.2) is 21.5 Å². The van der Waals surface area contributed by atoms with Gasteiger partial charge in [-0.05, 0) is 32.0 Å². The van der Waals surface area contributed by atoms with Crippen LogP contribution in [0.4, 0.5) is 8.78 Å². The molecule has 3 aromatic heterocycles. The van der Waals surface area contributed by atoms with Gasteiger partial charge in [-0.15, -0.1) is 10.2 Å². The molecule has 0 aliphatic rings. The lowest BCUT2D eigenvalue weighted by atomic mass is 10.2. The van der Waals surface area contributed by atoms with E-state index in [1.165, 1.54) is 37.2 Å². The number of aromatic nitrogens is 7. The Morgan fingerprint density at radius 1 is 1.09 bits per heavy atom. The van der Waals surface area contributed by atoms with Crippen LogP contribution in [-0.4, -0.2) is 55.3 Å². The van der Waals surface area contributed by atoms with Crippen molar-refractivity contribution in [2.24, 2.45) is 7.05 Å². The van der Waals surface area contributed by atoms with Crippen molar-refractivity contribution in [3.8, 4) is 17.2 Å². The van der Waals surface area contributed by atoms with E-state index < -0.39 is 44.3 Å². The zero-order valence-corrected chi connectivity index (χ0v) is 20.2. The zero-order valence-electron chi connectivity index (χ0n) is 19.4. The molecule has 0 unspecified atom stereocenters. The molecule has 1 aromatic carbocycles. The fraction of sp³-hybridized carbons (Fsp3) is 0.318. The highest BCUT2D eigenvalue weighted by molar-refractivity contribution is 7.91. The Morgan fingerprint density at radius 3 is 2.37 bits per heavy atom. The number of sulfone groups is 1. The Balaban J connectivity index is 1.78. The van der Waals surface area contributed by atoms with Gasteiger partial charge in [-0.25, -0.2) is 17.2 Å². The first-order valence-corrected chi connectivity index (χ1v) is 12.3. The van der Waals surface area contributed by atoms with E-state index in [-0.39, 0.29) is 17.3 Å². The molecule has 0 N–H and O–H groups in total. The second-order valence-corrected chi connectivity index (χ2v) is 10.3. The molecule has 0 spiro atoms. The topological polar surface area (TPSA) is 118 Å². The molecule has 13 heteroatoms. The molecule has 0 bridgehead atoms. The maximum atomic E-state index is 14.8. The SMILES string of the molecule is CO[C@H](c1cnc(C)cn1)[C@H](C)S(=O)(=O)Cc1nnc(-c2ccn(C)n2)n1-c1c(F)cccc1F. The second-order valence-electron chi connectivity index (χ2n) is 7.97. The summed E-state index contributed by atoms with van der Waals surface area (Å²) < 4.78 is 64.4. The van der Waals surface area contributed by atoms with E-state index in [1.54, 1.807) is 26.2 Å². The van der Waals surface area contributed by atoms with Crippen LogP contribution in [0.15, 0.2) is 42.9 Å². The number of benzene rings is 1. The smallest absolute Gasteiger partial charge is 0.189 e. The minimum atomic E-state index is -3.99. The molecule has 4 rings (SSSR count). The lowest BCUT2D eigenvalue weighted by Crippen LogP contribution is -2.29. The number of hydrogen-bond donors (Lipinski definition) is 0. The first-order chi connectivity index (χ1) is 16.6. The summed E-state index contributed by atoms with van der Waals surface area (Å²) in [5.74, 6) is -2.65. The molecule has 10 nitrogen and oxygen atoms in total. The molecule has 0 saturated heterocycles. The van der Waals surface area contributed by atoms with Crippen LogP contribution < -0.4 is 0 Å². The normalized spacial score (nSPS) is 13.7. The number of hydrogen-bond acceptors (Lipinski definition) is 8. The average molecular weight is 504 g/mol. The van der Waals surface area contributed by atoms with Crippen LogP contribution in [0.2, 0.25) is 0 Å². The van der Waals surface area contributed by atoms with E-state index in [9.17, 15) is 17.2 Å². The second kappa shape index (κ2) is 9.58. The Hall–Kier alpha value is -3.58. The molecule has 0 aliphatic heterocycles. The van der Waals surface area contributed by atoms with Crippen molar-refractivity contribution in [1.82, 2.24) is 34.5 Å². The Morgan fingerprint density at radius 2 is 1.80 bits per heavy atom. The van der Waals surface area contributed by atoms with Gasteiger partial charge >= 0.3 is 0 Å². The summed E-state index contributed by atoms with van der Waals surface area (Å²) >= 11 is 0. The third kappa shape index (κ3) is 4.82. The lowest BCUT2D eigenvalue weighted by Gasteiger charge is -2.22. The number of ether oxygens (including phenoxy) is 1. The molecule has 4 aromatic rings. The van der Waals surface area contributed by atoms with Crippen molar-refractivity contribution in [3.63, 3.8) is 0 Å². The summed E-state index contributed by atoms with van der Waals surface area (Å²) in [5.41, 5.74) is 0.777. The summed E-state index contributed by atoms with van der Waals surface area (Å²) in [6.07, 6.45) is 3.66. The van der Waals surface area contributed by atoms with E-state index in [0.717, 1.165) is 16.7 Å². The molecule has 35 heavy (non-hydrogen) atoms. The van der Waals surface area contributed by atoms with E-state index in [2.05, 4.69) is 25.3 Å². The van der Waals surface area contributed by atoms with Crippen LogP contribution in [0.1, 0.15) is 30.2 Å². The fourth-order valence-corrected chi connectivity index (χ4v) is 5.09. The standard InChI is InChI=1S/C22H23F2N7O3S/c1-13-10-26-18(11-25-13)21(34-4)14(2)35(32,33)12-19-27-28-22(17-8-9-30(3)29-17)31(19)20-15(23)6-5-7-16(20)24/h5-11,14,21H,12H2,1-4H3/t14-,21-/m0/s1. The van der Waals surface area contributed by atoms with E-state index in [0.29, 0.717) is 11.4 Å². The summed E-state index contributed by atoms with van der Waals surface area (Å²) in [7, 11) is -0.953. The molecular weight excluding hydrogens is 480 g/mol. The van der Waals surface area contributed by atoms with Gasteiger partial charge in [-0.3, -0.25) is 19.2 Å². The van der Waals surface area contributed by atoms with Crippen LogP contribution in [0, 0.1) is 18.6 Å². The molecule has 0 fully saturated rings.